The summed E-state index contributed by atoms with van der Waals surface area (Å²) in [5, 5.41) is 18.9. The lowest BCUT2D eigenvalue weighted by molar-refractivity contribution is -0.127. The van der Waals surface area contributed by atoms with Gasteiger partial charge in [0, 0.05) is 49.4 Å². The minimum Gasteiger partial charge on any atom is -0.487 e. The predicted octanol–water partition coefficient (Wildman–Crippen LogP) is 5.23. The minimum atomic E-state index is -0.0878. The molecule has 1 N–H and O–H groups in total. The van der Waals surface area contributed by atoms with Gasteiger partial charge in [-0.15, -0.1) is 0 Å². The molecule has 206 valence electrons. The Kier molecular flexibility index (Phi) is 7.07. The van der Waals surface area contributed by atoms with Crippen LogP contribution in [0, 0.1) is 35.5 Å². The van der Waals surface area contributed by atoms with Crippen LogP contribution in [0.4, 0.5) is 5.69 Å². The Hall–Kier alpha value is -4.82. The molecule has 8 heteroatoms. The number of carbonyl (C=O) groups excluding carboxylic acids is 1. The maximum absolute atomic E-state index is 12.3. The van der Waals surface area contributed by atoms with Crippen molar-refractivity contribution in [3.05, 3.63) is 71.7 Å². The van der Waals surface area contributed by atoms with E-state index in [1.54, 1.807) is 13.1 Å². The van der Waals surface area contributed by atoms with Crippen LogP contribution in [-0.4, -0.2) is 52.2 Å². The number of nitrogens with one attached hydrogen (secondary N) is 1. The lowest BCUT2D eigenvalue weighted by Crippen LogP contribution is -2.44. The number of H-pyrrole nitrogens is 1. The Morgan fingerprint density at radius 1 is 1.15 bits per heavy atom. The van der Waals surface area contributed by atoms with Gasteiger partial charge < -0.3 is 14.5 Å². The first-order valence-corrected chi connectivity index (χ1v) is 14.0. The van der Waals surface area contributed by atoms with Crippen molar-refractivity contribution in [3.63, 3.8) is 0 Å². The molecule has 1 spiro atoms. The summed E-state index contributed by atoms with van der Waals surface area (Å²) in [6, 6.07) is 16.4. The molecule has 0 unspecified atom stereocenters. The Bertz CT molecular complexity index is 1700. The van der Waals surface area contributed by atoms with Crippen molar-refractivity contribution < 1.29 is 9.53 Å². The zero-order valence-corrected chi connectivity index (χ0v) is 23.4. The summed E-state index contributed by atoms with van der Waals surface area (Å²) in [6.45, 7) is 7.19. The van der Waals surface area contributed by atoms with Crippen LogP contribution in [0.15, 0.2) is 54.9 Å². The van der Waals surface area contributed by atoms with Crippen LogP contribution in [0.3, 0.4) is 0 Å². The van der Waals surface area contributed by atoms with Crippen molar-refractivity contribution in [3.8, 4) is 34.8 Å². The molecule has 2 aliphatic rings. The summed E-state index contributed by atoms with van der Waals surface area (Å²) >= 11 is 0. The van der Waals surface area contributed by atoms with E-state index in [2.05, 4.69) is 51.0 Å². The number of likely N-dealkylation sites (tertiary alicyclic amines) is 1. The highest BCUT2D eigenvalue weighted by Gasteiger charge is 2.42. The SMILES string of the molecule is CC#CC(=O)N1CCC2(CC1)CCN(c1cc(OCc3ccccn3)cc(-c3c(C)ccc4[nH]ncc34)c1C#N)C2. The van der Waals surface area contributed by atoms with Crippen molar-refractivity contribution in [2.45, 2.75) is 39.7 Å². The molecule has 2 fully saturated rings. The molecule has 2 aliphatic heterocycles. The summed E-state index contributed by atoms with van der Waals surface area (Å²) < 4.78 is 6.31. The summed E-state index contributed by atoms with van der Waals surface area (Å²) in [6.07, 6.45) is 6.46. The van der Waals surface area contributed by atoms with Crippen LogP contribution in [0.25, 0.3) is 22.0 Å². The summed E-state index contributed by atoms with van der Waals surface area (Å²) in [5.74, 6) is 6.01. The Morgan fingerprint density at radius 3 is 2.73 bits per heavy atom. The molecule has 4 aromatic rings. The van der Waals surface area contributed by atoms with E-state index in [-0.39, 0.29) is 11.3 Å². The smallest absolute Gasteiger partial charge is 0.298 e. The van der Waals surface area contributed by atoms with E-state index >= 15 is 0 Å². The third-order valence-electron chi connectivity index (χ3n) is 8.54. The first kappa shape index (κ1) is 26.4. The van der Waals surface area contributed by atoms with Crippen molar-refractivity contribution in [2.24, 2.45) is 5.41 Å². The molecule has 0 radical (unpaired) electrons. The molecule has 6 rings (SSSR count). The highest BCUT2D eigenvalue weighted by atomic mass is 16.5. The van der Waals surface area contributed by atoms with Crippen LogP contribution in [0.2, 0.25) is 0 Å². The molecule has 2 aromatic carbocycles. The number of nitrogens with zero attached hydrogens (tertiary/aromatic N) is 5. The van der Waals surface area contributed by atoms with Crippen molar-refractivity contribution in [1.29, 1.82) is 5.26 Å². The number of aryl methyl sites for hydroxylation is 1. The first-order valence-electron chi connectivity index (χ1n) is 14.0. The van der Waals surface area contributed by atoms with Gasteiger partial charge in [0.05, 0.1) is 28.7 Å². The van der Waals surface area contributed by atoms with Gasteiger partial charge in [-0.1, -0.05) is 18.1 Å². The molecule has 2 saturated heterocycles. The van der Waals surface area contributed by atoms with Crippen LogP contribution >= 0.6 is 0 Å². The molecular formula is C33H32N6O2. The molecule has 0 atom stereocenters. The van der Waals surface area contributed by atoms with E-state index in [0.29, 0.717) is 31.0 Å². The summed E-state index contributed by atoms with van der Waals surface area (Å²) in [4.78, 5) is 20.9. The van der Waals surface area contributed by atoms with Crippen LogP contribution < -0.4 is 9.64 Å². The third kappa shape index (κ3) is 5.10. The largest absolute Gasteiger partial charge is 0.487 e. The van der Waals surface area contributed by atoms with E-state index in [4.69, 9.17) is 4.74 Å². The lowest BCUT2D eigenvalue weighted by atomic mass is 9.77. The molecule has 8 nitrogen and oxygen atoms in total. The number of piperidine rings is 1. The topological polar surface area (TPSA) is 98.1 Å². The number of anilines is 1. The van der Waals surface area contributed by atoms with E-state index in [9.17, 15) is 10.1 Å². The van der Waals surface area contributed by atoms with Crippen LogP contribution in [0.1, 0.15) is 43.0 Å². The number of rotatable bonds is 5. The zero-order valence-electron chi connectivity index (χ0n) is 23.4. The number of amides is 1. The van der Waals surface area contributed by atoms with Crippen molar-refractivity contribution in [1.82, 2.24) is 20.1 Å². The fourth-order valence-electron chi connectivity index (χ4n) is 6.29. The number of fused-ring (bicyclic) bond motifs is 1. The lowest BCUT2D eigenvalue weighted by Gasteiger charge is -2.38. The molecule has 41 heavy (non-hydrogen) atoms. The number of aromatic nitrogens is 3. The Balaban J connectivity index is 1.37. The quantitative estimate of drug-likeness (QED) is 0.346. The van der Waals surface area contributed by atoms with Gasteiger partial charge in [-0.2, -0.15) is 10.4 Å². The number of nitriles is 1. The monoisotopic (exact) mass is 544 g/mol. The number of aromatic amines is 1. The molecule has 0 bridgehead atoms. The van der Waals surface area contributed by atoms with Gasteiger partial charge in [-0.3, -0.25) is 14.9 Å². The zero-order chi connectivity index (χ0) is 28.4. The highest BCUT2D eigenvalue weighted by molar-refractivity contribution is 5.99. The Labute approximate surface area is 239 Å². The molecule has 2 aromatic heterocycles. The highest BCUT2D eigenvalue weighted by Crippen LogP contribution is 2.46. The number of pyridine rings is 1. The number of ether oxygens (including phenoxy) is 1. The number of hydrogen-bond donors (Lipinski definition) is 1. The molecule has 0 aliphatic carbocycles. The maximum Gasteiger partial charge on any atom is 0.298 e. The van der Waals surface area contributed by atoms with Gasteiger partial charge >= 0.3 is 0 Å². The van der Waals surface area contributed by atoms with Gasteiger partial charge in [-0.25, -0.2) is 0 Å². The van der Waals surface area contributed by atoms with Gasteiger partial charge in [0.15, 0.2) is 0 Å². The van der Waals surface area contributed by atoms with E-state index in [0.717, 1.165) is 71.3 Å². The Morgan fingerprint density at radius 2 is 1.98 bits per heavy atom. The summed E-state index contributed by atoms with van der Waals surface area (Å²) in [5.41, 5.74) is 6.26. The van der Waals surface area contributed by atoms with Crippen LogP contribution in [-0.2, 0) is 11.4 Å². The predicted molar refractivity (Wildman–Crippen MR) is 158 cm³/mol. The van der Waals surface area contributed by atoms with Crippen molar-refractivity contribution >= 4 is 22.5 Å². The minimum absolute atomic E-state index is 0.0878. The molecule has 0 saturated carbocycles. The average Bonchev–Trinajstić information content (AvgIpc) is 3.64. The summed E-state index contributed by atoms with van der Waals surface area (Å²) in [7, 11) is 0. The third-order valence-corrected chi connectivity index (χ3v) is 8.54. The van der Waals surface area contributed by atoms with E-state index in [1.807, 2.05) is 47.5 Å². The van der Waals surface area contributed by atoms with E-state index in [1.165, 1.54) is 0 Å². The maximum atomic E-state index is 12.3. The van der Waals surface area contributed by atoms with E-state index < -0.39 is 0 Å². The first-order chi connectivity index (χ1) is 20.0. The van der Waals surface area contributed by atoms with Crippen LogP contribution in [0.5, 0.6) is 5.75 Å². The normalized spacial score (nSPS) is 15.9. The molecular weight excluding hydrogens is 512 g/mol. The molecule has 4 heterocycles. The van der Waals surface area contributed by atoms with Gasteiger partial charge in [-0.05, 0) is 79.8 Å². The van der Waals surface area contributed by atoms with Gasteiger partial charge in [0.1, 0.15) is 18.4 Å². The second-order valence-corrected chi connectivity index (χ2v) is 11.0. The van der Waals surface area contributed by atoms with Gasteiger partial charge in [0.2, 0.25) is 0 Å². The number of carbonyl (C=O) groups is 1. The molecule has 1 amide bonds. The second kappa shape index (κ2) is 11.0. The second-order valence-electron chi connectivity index (χ2n) is 11.0. The fraction of sp³-hybridized carbons (Fsp3) is 0.333. The van der Waals surface area contributed by atoms with Gasteiger partial charge in [0.25, 0.3) is 5.91 Å². The number of benzene rings is 2. The average molecular weight is 545 g/mol. The van der Waals surface area contributed by atoms with Crippen molar-refractivity contribution in [2.75, 3.05) is 31.1 Å². The fourth-order valence-corrected chi connectivity index (χ4v) is 6.29. The standard InChI is InChI=1S/C33H32N6O2/c1-3-6-31(40)38-14-10-33(11-15-38)12-16-39(22-33)30-18-25(41-21-24-7-4-5-13-35-24)17-26(27(30)19-34)32-23(2)8-9-29-28(32)20-36-37-29/h4-5,7-9,13,17-18,20H,10-12,14-16,21-22H2,1-2H3,(H,36,37). The number of hydrogen-bond acceptors (Lipinski definition) is 6.